The van der Waals surface area contributed by atoms with Crippen LogP contribution in [0.2, 0.25) is 0 Å². The summed E-state index contributed by atoms with van der Waals surface area (Å²) >= 11 is 0. The van der Waals surface area contributed by atoms with Crippen molar-refractivity contribution in [1.82, 2.24) is 20.4 Å². The van der Waals surface area contributed by atoms with Gasteiger partial charge >= 0.3 is 18.2 Å². The zero-order chi connectivity index (χ0) is 25.3. The van der Waals surface area contributed by atoms with Crippen LogP contribution in [0.3, 0.4) is 0 Å². The van der Waals surface area contributed by atoms with Gasteiger partial charge in [-0.15, -0.1) is 0 Å². The van der Waals surface area contributed by atoms with Crippen molar-refractivity contribution in [2.24, 2.45) is 11.3 Å². The molecule has 0 aromatic heterocycles. The molecule has 1 unspecified atom stereocenters. The lowest BCUT2D eigenvalue weighted by atomic mass is 9.83. The van der Waals surface area contributed by atoms with E-state index in [4.69, 9.17) is 6.57 Å². The lowest BCUT2D eigenvalue weighted by Crippen LogP contribution is -2.56. The van der Waals surface area contributed by atoms with Gasteiger partial charge in [-0.2, -0.15) is 13.2 Å². The van der Waals surface area contributed by atoms with Crippen molar-refractivity contribution in [3.8, 4) is 0 Å². The molecule has 0 bridgehead atoms. The Bertz CT molecular complexity index is 856. The molecule has 2 saturated heterocycles. The maximum atomic E-state index is 13.5. The van der Waals surface area contributed by atoms with Gasteiger partial charge in [0.05, 0.1) is 11.8 Å². The summed E-state index contributed by atoms with van der Waals surface area (Å²) in [5.74, 6) is -3.94. The first kappa shape index (κ1) is 26.4. The zero-order valence-electron chi connectivity index (χ0n) is 19.3. The predicted molar refractivity (Wildman–Crippen MR) is 111 cm³/mol. The van der Waals surface area contributed by atoms with E-state index in [1.807, 2.05) is 20.8 Å². The van der Waals surface area contributed by atoms with Crippen LogP contribution in [0.5, 0.6) is 0 Å². The maximum Gasteiger partial charge on any atom is 0.471 e. The normalized spacial score (nSPS) is 26.7. The van der Waals surface area contributed by atoms with Crippen molar-refractivity contribution in [2.75, 3.05) is 13.6 Å². The number of likely N-dealkylation sites (tertiary alicyclic amines) is 1. The fourth-order valence-corrected chi connectivity index (χ4v) is 4.58. The molecule has 2 aliphatic heterocycles. The largest absolute Gasteiger partial charge is 0.471 e. The molecule has 0 aromatic rings. The smallest absolute Gasteiger partial charge is 0.353 e. The van der Waals surface area contributed by atoms with Gasteiger partial charge in [-0.05, 0) is 32.6 Å². The van der Waals surface area contributed by atoms with Gasteiger partial charge in [0, 0.05) is 19.6 Å². The van der Waals surface area contributed by atoms with Crippen molar-refractivity contribution < 1.29 is 32.3 Å². The molecule has 2 fully saturated rings. The molecule has 2 N–H and O–H groups in total. The van der Waals surface area contributed by atoms with Crippen molar-refractivity contribution in [2.45, 2.75) is 77.4 Å². The van der Waals surface area contributed by atoms with Crippen LogP contribution in [0.15, 0.2) is 0 Å². The Morgan fingerprint density at radius 1 is 1.30 bits per heavy atom. The highest BCUT2D eigenvalue weighted by molar-refractivity contribution is 5.94. The Morgan fingerprint density at radius 3 is 2.36 bits per heavy atom. The number of rotatable bonds is 6. The van der Waals surface area contributed by atoms with Crippen LogP contribution in [0.25, 0.3) is 4.85 Å². The highest BCUT2D eigenvalue weighted by Gasteiger charge is 2.58. The standard InChI is InChI=1S/C21H30F3N5O4/c1-11(2)7-14(28(6)16(30)13(4)27-19(33)21(22,23)24)17(31)29-10-20(9-15(29)25-5)8-12(3)26-18(20)32/h11-15H,7-10H2,1-4,6H3,(H,26,32)(H,27,33)/t12?,13-,14-,15-,20-/m0/s1. The molecule has 0 radical (unpaired) electrons. The number of amides is 4. The van der Waals surface area contributed by atoms with Crippen molar-refractivity contribution in [3.63, 3.8) is 0 Å². The van der Waals surface area contributed by atoms with Gasteiger partial charge < -0.3 is 15.5 Å². The summed E-state index contributed by atoms with van der Waals surface area (Å²) in [6.45, 7) is 14.1. The SMILES string of the molecule is [C-]#[N+][C@@H]1C[C@@]2(CC(C)NC2=O)CN1C(=O)[C@H](CC(C)C)N(C)C(=O)[C@H](C)NC(=O)C(F)(F)F. The van der Waals surface area contributed by atoms with Crippen LogP contribution in [0.4, 0.5) is 13.2 Å². The average molecular weight is 473 g/mol. The molecule has 2 heterocycles. The molecular formula is C21H30F3N5O4. The molecule has 0 aliphatic carbocycles. The van der Waals surface area contributed by atoms with Gasteiger partial charge in [0.2, 0.25) is 11.8 Å². The lowest BCUT2D eigenvalue weighted by molar-refractivity contribution is -0.175. The molecule has 1 spiro atoms. The molecule has 184 valence electrons. The van der Waals surface area contributed by atoms with Crippen LogP contribution in [0.1, 0.15) is 47.0 Å². The summed E-state index contributed by atoms with van der Waals surface area (Å²) < 4.78 is 37.7. The van der Waals surface area contributed by atoms with E-state index >= 15 is 0 Å². The summed E-state index contributed by atoms with van der Waals surface area (Å²) in [6, 6.07) is -2.67. The molecule has 12 heteroatoms. The van der Waals surface area contributed by atoms with Crippen molar-refractivity contribution in [3.05, 3.63) is 11.4 Å². The monoisotopic (exact) mass is 473 g/mol. The number of alkyl halides is 3. The molecule has 2 rings (SSSR count). The molecule has 2 aliphatic rings. The number of nitrogens with one attached hydrogen (secondary N) is 2. The van der Waals surface area contributed by atoms with Crippen molar-refractivity contribution >= 4 is 23.6 Å². The van der Waals surface area contributed by atoms with Gasteiger partial charge in [-0.3, -0.25) is 28.9 Å². The summed E-state index contributed by atoms with van der Waals surface area (Å²) in [5, 5.41) is 4.43. The number of hydrogen-bond acceptors (Lipinski definition) is 4. The van der Waals surface area contributed by atoms with E-state index in [1.165, 1.54) is 11.9 Å². The number of carbonyl (C=O) groups is 4. The average Bonchev–Trinajstić information content (AvgIpc) is 3.21. The molecular weight excluding hydrogens is 443 g/mol. The number of likely N-dealkylation sites (N-methyl/N-ethyl adjacent to an activating group) is 1. The van der Waals surface area contributed by atoms with E-state index in [1.54, 1.807) is 5.32 Å². The number of hydrogen-bond donors (Lipinski definition) is 2. The third-order valence-electron chi connectivity index (χ3n) is 6.16. The Morgan fingerprint density at radius 2 is 1.91 bits per heavy atom. The highest BCUT2D eigenvalue weighted by atomic mass is 19.4. The number of halogens is 3. The van der Waals surface area contributed by atoms with E-state index in [0.717, 1.165) is 11.8 Å². The summed E-state index contributed by atoms with van der Waals surface area (Å²) in [4.78, 5) is 55.9. The van der Waals surface area contributed by atoms with E-state index in [-0.39, 0.29) is 37.3 Å². The quantitative estimate of drug-likeness (QED) is 0.568. The first-order chi connectivity index (χ1) is 15.1. The van der Waals surface area contributed by atoms with Crippen LogP contribution < -0.4 is 10.6 Å². The maximum absolute atomic E-state index is 13.5. The first-order valence-electron chi connectivity index (χ1n) is 10.8. The fourth-order valence-electron chi connectivity index (χ4n) is 4.58. The minimum atomic E-state index is -5.15. The van der Waals surface area contributed by atoms with Gasteiger partial charge in [0.15, 0.2) is 0 Å². The molecule has 9 nitrogen and oxygen atoms in total. The van der Waals surface area contributed by atoms with Gasteiger partial charge in [-0.1, -0.05) is 13.8 Å². The Balaban J connectivity index is 2.25. The Labute approximate surface area is 190 Å². The summed E-state index contributed by atoms with van der Waals surface area (Å²) in [7, 11) is 1.28. The van der Waals surface area contributed by atoms with Crippen LogP contribution >= 0.6 is 0 Å². The molecule has 0 saturated carbocycles. The number of nitrogens with zero attached hydrogens (tertiary/aromatic N) is 3. The second kappa shape index (κ2) is 9.57. The second-order valence-electron chi connectivity index (χ2n) is 9.43. The number of carbonyl (C=O) groups excluding carboxylic acids is 4. The molecule has 4 amide bonds. The van der Waals surface area contributed by atoms with E-state index in [2.05, 4.69) is 10.2 Å². The minimum Gasteiger partial charge on any atom is -0.353 e. The molecule has 33 heavy (non-hydrogen) atoms. The predicted octanol–water partition coefficient (Wildman–Crippen LogP) is 1.30. The molecule has 5 atom stereocenters. The minimum absolute atomic E-state index is 0.0338. The van der Waals surface area contributed by atoms with Crippen LogP contribution in [0, 0.1) is 17.9 Å². The van der Waals surface area contributed by atoms with E-state index < -0.39 is 47.6 Å². The summed E-state index contributed by atoms with van der Waals surface area (Å²) in [6.07, 6.45) is -5.17. The van der Waals surface area contributed by atoms with Crippen molar-refractivity contribution in [1.29, 1.82) is 0 Å². The van der Waals surface area contributed by atoms with Crippen LogP contribution in [-0.4, -0.2) is 77.5 Å². The van der Waals surface area contributed by atoms with E-state index in [0.29, 0.717) is 6.42 Å². The van der Waals surface area contributed by atoms with Gasteiger partial charge in [-0.25, -0.2) is 6.57 Å². The highest BCUT2D eigenvalue weighted by Crippen LogP contribution is 2.43. The Kier molecular flexibility index (Phi) is 7.66. The van der Waals surface area contributed by atoms with Gasteiger partial charge in [0.1, 0.15) is 12.1 Å². The summed E-state index contributed by atoms with van der Waals surface area (Å²) in [5.41, 5.74) is -0.872. The topological polar surface area (TPSA) is 103 Å². The third-order valence-corrected chi connectivity index (χ3v) is 6.16. The zero-order valence-corrected chi connectivity index (χ0v) is 19.3. The van der Waals surface area contributed by atoms with Crippen LogP contribution in [-0.2, 0) is 19.2 Å². The van der Waals surface area contributed by atoms with Gasteiger partial charge in [0.25, 0.3) is 5.91 Å². The second-order valence-corrected chi connectivity index (χ2v) is 9.43. The van der Waals surface area contributed by atoms with E-state index in [9.17, 15) is 32.3 Å². The third kappa shape index (κ3) is 5.57. The Hall–Kier alpha value is -2.84. The molecule has 0 aromatic carbocycles. The fraction of sp³-hybridized carbons (Fsp3) is 0.762. The lowest BCUT2D eigenvalue weighted by Gasteiger charge is -2.33. The first-order valence-corrected chi connectivity index (χ1v) is 10.8.